The summed E-state index contributed by atoms with van der Waals surface area (Å²) in [7, 11) is 1.42. The van der Waals surface area contributed by atoms with Crippen molar-refractivity contribution in [3.63, 3.8) is 0 Å². The zero-order valence-corrected chi connectivity index (χ0v) is 25.4. The van der Waals surface area contributed by atoms with Crippen molar-refractivity contribution in [3.05, 3.63) is 71.0 Å². The zero-order chi connectivity index (χ0) is 33.5. The van der Waals surface area contributed by atoms with Crippen LogP contribution in [0.15, 0.2) is 48.7 Å². The first kappa shape index (κ1) is 30.9. The maximum Gasteiger partial charge on any atom is 0.416 e. The van der Waals surface area contributed by atoms with E-state index < -0.39 is 40.4 Å². The fourth-order valence-corrected chi connectivity index (χ4v) is 6.07. The van der Waals surface area contributed by atoms with Gasteiger partial charge >= 0.3 is 6.18 Å². The van der Waals surface area contributed by atoms with Crippen molar-refractivity contribution in [1.29, 1.82) is 0 Å². The zero-order valence-electron chi connectivity index (χ0n) is 25.4. The lowest BCUT2D eigenvalue weighted by Gasteiger charge is -2.30. The first-order chi connectivity index (χ1) is 22.2. The average Bonchev–Trinajstić information content (AvgIpc) is 3.96. The Morgan fingerprint density at radius 2 is 1.87 bits per heavy atom. The minimum atomic E-state index is -4.55. The second kappa shape index (κ2) is 10.4. The van der Waals surface area contributed by atoms with Crippen LogP contribution in [0.4, 0.5) is 17.6 Å². The highest BCUT2D eigenvalue weighted by atomic mass is 19.4. The molecular formula is C33H31F4N5O5. The molecule has 1 unspecified atom stereocenters. The first-order valence-corrected chi connectivity index (χ1v) is 15.1. The number of nitrogens with one attached hydrogen (secondary N) is 1. The molecule has 14 heteroatoms. The summed E-state index contributed by atoms with van der Waals surface area (Å²) >= 11 is 0. The van der Waals surface area contributed by atoms with Crippen molar-refractivity contribution in [3.8, 4) is 22.8 Å². The lowest BCUT2D eigenvalue weighted by molar-refractivity contribution is -0.137. The number of amides is 2. The Morgan fingerprint density at radius 3 is 2.47 bits per heavy atom. The van der Waals surface area contributed by atoms with Crippen LogP contribution < -0.4 is 20.5 Å². The predicted molar refractivity (Wildman–Crippen MR) is 160 cm³/mol. The number of carbonyl (C=O) groups is 2. The number of halogens is 4. The van der Waals surface area contributed by atoms with Crippen LogP contribution in [0.3, 0.4) is 0 Å². The van der Waals surface area contributed by atoms with E-state index >= 15 is 0 Å². The third kappa shape index (κ3) is 5.14. The van der Waals surface area contributed by atoms with Crippen molar-refractivity contribution in [1.82, 2.24) is 20.1 Å². The third-order valence-corrected chi connectivity index (χ3v) is 9.45. The molecule has 0 spiro atoms. The number of methoxy groups -OCH3 is 1. The van der Waals surface area contributed by atoms with E-state index in [-0.39, 0.29) is 53.1 Å². The number of benzene rings is 2. The molecule has 4 aromatic rings. The highest BCUT2D eigenvalue weighted by Crippen LogP contribution is 2.50. The Morgan fingerprint density at radius 1 is 1.17 bits per heavy atom. The minimum Gasteiger partial charge on any atom is -0.494 e. The van der Waals surface area contributed by atoms with Gasteiger partial charge in [0.15, 0.2) is 0 Å². The van der Waals surface area contributed by atoms with Gasteiger partial charge in [-0.05, 0) is 56.0 Å². The van der Waals surface area contributed by atoms with Gasteiger partial charge in [0, 0.05) is 41.1 Å². The molecule has 7 rings (SSSR count). The van der Waals surface area contributed by atoms with Crippen LogP contribution in [0, 0.1) is 5.92 Å². The van der Waals surface area contributed by atoms with Crippen molar-refractivity contribution in [2.45, 2.75) is 55.6 Å². The van der Waals surface area contributed by atoms with E-state index in [2.05, 4.69) is 15.4 Å². The van der Waals surface area contributed by atoms with E-state index in [0.29, 0.717) is 42.1 Å². The molecule has 2 aromatic carbocycles. The van der Waals surface area contributed by atoms with Gasteiger partial charge in [-0.3, -0.25) is 9.59 Å². The van der Waals surface area contributed by atoms with Gasteiger partial charge in [0.05, 0.1) is 24.9 Å². The van der Waals surface area contributed by atoms with Crippen LogP contribution in [0.1, 0.15) is 59.8 Å². The smallest absolute Gasteiger partial charge is 0.416 e. The Balaban J connectivity index is 1.25. The molecule has 47 heavy (non-hydrogen) atoms. The fraction of sp³-hybridized carbons (Fsp3) is 0.394. The lowest BCUT2D eigenvalue weighted by Crippen LogP contribution is -2.44. The number of pyridine rings is 1. The summed E-state index contributed by atoms with van der Waals surface area (Å²) in [6.07, 6.45) is -1.10. The van der Waals surface area contributed by atoms with E-state index in [1.807, 2.05) is 0 Å². The van der Waals surface area contributed by atoms with Gasteiger partial charge in [-0.15, -0.1) is 0 Å². The molecule has 2 amide bonds. The molecule has 2 aliphatic carbocycles. The summed E-state index contributed by atoms with van der Waals surface area (Å²) in [5.41, 5.74) is 3.33. The van der Waals surface area contributed by atoms with Crippen molar-refractivity contribution in [2.75, 3.05) is 20.3 Å². The molecule has 246 valence electrons. The van der Waals surface area contributed by atoms with Gasteiger partial charge in [-0.1, -0.05) is 12.1 Å². The van der Waals surface area contributed by atoms with Crippen molar-refractivity contribution < 1.29 is 41.7 Å². The van der Waals surface area contributed by atoms with Crippen LogP contribution in [-0.4, -0.2) is 51.9 Å². The van der Waals surface area contributed by atoms with Crippen LogP contribution in [-0.2, 0) is 27.8 Å². The molecule has 4 N–H and O–H groups in total. The molecule has 0 saturated heterocycles. The predicted octanol–water partition coefficient (Wildman–Crippen LogP) is 4.70. The molecule has 2 atom stereocenters. The highest BCUT2D eigenvalue weighted by Gasteiger charge is 2.50. The normalized spacial score (nSPS) is 21.1. The number of ether oxygens (including phenoxy) is 2. The molecule has 1 aliphatic heterocycles. The highest BCUT2D eigenvalue weighted by molar-refractivity contribution is 6.00. The van der Waals surface area contributed by atoms with Crippen LogP contribution in [0.2, 0.25) is 0 Å². The number of hydrogen-bond donors (Lipinski definition) is 3. The van der Waals surface area contributed by atoms with Gasteiger partial charge in [0.25, 0.3) is 5.91 Å². The van der Waals surface area contributed by atoms with E-state index in [0.717, 1.165) is 12.1 Å². The molecule has 0 radical (unpaired) electrons. The van der Waals surface area contributed by atoms with Crippen molar-refractivity contribution in [2.24, 2.45) is 11.7 Å². The third-order valence-electron chi connectivity index (χ3n) is 9.45. The Hall–Kier alpha value is -4.72. The van der Waals surface area contributed by atoms with Crippen LogP contribution in [0.25, 0.3) is 22.2 Å². The number of fused-ring (bicyclic) bond motifs is 2. The number of hydrogen-bond acceptors (Lipinski definition) is 7. The van der Waals surface area contributed by atoms with E-state index in [9.17, 15) is 32.3 Å². The number of carbonyl (C=O) groups excluding carboxylic acids is 2. The van der Waals surface area contributed by atoms with Gasteiger partial charge in [-0.2, -0.15) is 18.3 Å². The molecule has 3 heterocycles. The number of nitrogens with zero attached hydrogens (tertiary/aromatic N) is 3. The Bertz CT molecular complexity index is 1940. The molecule has 3 aliphatic rings. The molecule has 2 saturated carbocycles. The Kier molecular flexibility index (Phi) is 6.83. The number of primary amides is 1. The second-order valence-corrected chi connectivity index (χ2v) is 12.8. The van der Waals surface area contributed by atoms with Gasteiger partial charge in [0.2, 0.25) is 11.7 Å². The van der Waals surface area contributed by atoms with Crippen LogP contribution in [0.5, 0.6) is 11.5 Å². The lowest BCUT2D eigenvalue weighted by atomic mass is 9.81. The number of alkyl halides is 4. The maximum atomic E-state index is 14.7. The molecule has 2 aromatic heterocycles. The monoisotopic (exact) mass is 653 g/mol. The average molecular weight is 654 g/mol. The summed E-state index contributed by atoms with van der Waals surface area (Å²) in [6, 6.07) is 8.89. The summed E-state index contributed by atoms with van der Waals surface area (Å²) in [5, 5.41) is 19.8. The van der Waals surface area contributed by atoms with E-state index in [1.165, 1.54) is 42.3 Å². The number of aromatic nitrogens is 3. The van der Waals surface area contributed by atoms with E-state index in [4.69, 9.17) is 15.2 Å². The number of rotatable bonds is 9. The van der Waals surface area contributed by atoms with Crippen LogP contribution >= 0.6 is 0 Å². The Labute approximate surface area is 265 Å². The number of aliphatic hydroxyl groups is 1. The second-order valence-electron chi connectivity index (χ2n) is 12.8. The molecule has 0 bridgehead atoms. The fourth-order valence-electron chi connectivity index (χ4n) is 6.07. The van der Waals surface area contributed by atoms with Gasteiger partial charge in [0.1, 0.15) is 40.3 Å². The molecule has 2 fully saturated rings. The SMILES string of the molecule is COc1cc(C(=O)NCC(O)(c2cc3c(c(-c4ccc(C(F)(F)F)cc4)n2)OC[C@]3(C)C(N)=O)C2CC2)cc2cn(C3(F)CC3)nc12. The topological polar surface area (TPSA) is 142 Å². The first-order valence-electron chi connectivity index (χ1n) is 15.1. The van der Waals surface area contributed by atoms with Gasteiger partial charge < -0.3 is 25.6 Å². The summed E-state index contributed by atoms with van der Waals surface area (Å²) < 4.78 is 67.2. The summed E-state index contributed by atoms with van der Waals surface area (Å²) in [6.45, 7) is 1.18. The molecule has 10 nitrogen and oxygen atoms in total. The standard InChI is InChI=1S/C33H31F4N5O5/c1-30(29(38)44)16-47-27-22(30)13-24(40-26(27)17-3-5-21(6-4-17)33(35,36)37)32(45,20-7-8-20)15-39-28(43)18-11-19-14-42(31(34)9-10-31)41-25(19)23(12-18)46-2/h3-6,11-14,20,45H,7-10,15-16H2,1-2H3,(H2,38,44)(H,39,43)/t30-,32?/m0/s1. The number of nitrogens with two attached hydrogens (primary N) is 1. The summed E-state index contributed by atoms with van der Waals surface area (Å²) in [4.78, 5) is 30.8. The van der Waals surface area contributed by atoms with Gasteiger partial charge in [-0.25, -0.2) is 14.1 Å². The summed E-state index contributed by atoms with van der Waals surface area (Å²) in [5.74, 6) is -2.65. The molecular weight excluding hydrogens is 622 g/mol. The van der Waals surface area contributed by atoms with Crippen molar-refractivity contribution >= 4 is 22.7 Å². The quantitative estimate of drug-likeness (QED) is 0.222. The minimum absolute atomic E-state index is 0.110. The van der Waals surface area contributed by atoms with E-state index in [1.54, 1.807) is 13.0 Å². The maximum absolute atomic E-state index is 14.7. The largest absolute Gasteiger partial charge is 0.494 e.